The lowest BCUT2D eigenvalue weighted by molar-refractivity contribution is -0.162. The summed E-state index contributed by atoms with van der Waals surface area (Å²) in [5, 5.41) is 0. The molecule has 0 amide bonds. The average Bonchev–Trinajstić information content (AvgIpc) is 3.24. The molecule has 1 aliphatic carbocycles. The zero-order valence-corrected chi connectivity index (χ0v) is 16.8. The van der Waals surface area contributed by atoms with Crippen LogP contribution >= 0.6 is 0 Å². The van der Waals surface area contributed by atoms with Gasteiger partial charge in [-0.2, -0.15) is 0 Å². The highest BCUT2D eigenvalue weighted by molar-refractivity contribution is 5.89. The van der Waals surface area contributed by atoms with Gasteiger partial charge < -0.3 is 14.2 Å². The summed E-state index contributed by atoms with van der Waals surface area (Å²) < 4.78 is 16.8. The number of carbonyl (C=O) groups excluding carboxylic acids is 2. The van der Waals surface area contributed by atoms with Crippen LogP contribution in [0.4, 0.5) is 0 Å². The molecule has 1 spiro atoms. The molecule has 0 N–H and O–H groups in total. The molecule has 0 aromatic heterocycles. The number of hydrogen-bond acceptors (Lipinski definition) is 5. The first kappa shape index (κ1) is 20.0. The van der Waals surface area contributed by atoms with Crippen LogP contribution < -0.4 is 0 Å². The molecule has 1 aliphatic heterocycles. The van der Waals surface area contributed by atoms with Crippen LogP contribution in [0.25, 0.3) is 0 Å². The van der Waals surface area contributed by atoms with Crippen molar-refractivity contribution in [1.29, 1.82) is 0 Å². The van der Waals surface area contributed by atoms with Crippen molar-refractivity contribution in [3.05, 3.63) is 34.4 Å². The van der Waals surface area contributed by atoms with Crippen LogP contribution in [-0.4, -0.2) is 37.4 Å². The first-order valence-corrected chi connectivity index (χ1v) is 9.95. The van der Waals surface area contributed by atoms with Crippen molar-refractivity contribution in [3.63, 3.8) is 0 Å². The van der Waals surface area contributed by atoms with Crippen molar-refractivity contribution in [2.75, 3.05) is 19.8 Å². The molecule has 1 saturated carbocycles. The third-order valence-corrected chi connectivity index (χ3v) is 5.81. The van der Waals surface area contributed by atoms with E-state index >= 15 is 0 Å². The summed E-state index contributed by atoms with van der Waals surface area (Å²) >= 11 is 0. The van der Waals surface area contributed by atoms with Crippen LogP contribution in [0.3, 0.4) is 0 Å². The van der Waals surface area contributed by atoms with Gasteiger partial charge in [0.1, 0.15) is 5.78 Å². The Bertz CT molecular complexity index is 718. The summed E-state index contributed by atoms with van der Waals surface area (Å²) in [7, 11) is 0. The Morgan fingerprint density at radius 1 is 1.11 bits per heavy atom. The number of carbonyl (C=O) groups is 2. The summed E-state index contributed by atoms with van der Waals surface area (Å²) in [5.41, 5.74) is 4.63. The number of rotatable bonds is 6. The normalized spacial score (nSPS) is 23.7. The van der Waals surface area contributed by atoms with Crippen LogP contribution in [0, 0.1) is 25.7 Å². The standard InChI is InChI=1S/C22H30O5/c1-5-16-10-14(3)9-15(4)17(16)11-20(23)18-12-22(26-7-8-27-22)13-19(18)21(24)25-6-2/h9-10,18-19H,5-8,11-13H2,1-4H3. The highest BCUT2D eigenvalue weighted by Gasteiger charge is 2.54. The Labute approximate surface area is 161 Å². The summed E-state index contributed by atoms with van der Waals surface area (Å²) in [5.74, 6) is -1.96. The van der Waals surface area contributed by atoms with E-state index in [0.29, 0.717) is 39.1 Å². The van der Waals surface area contributed by atoms with Gasteiger partial charge in [0.25, 0.3) is 0 Å². The quantitative estimate of drug-likeness (QED) is 0.715. The lowest BCUT2D eigenvalue weighted by atomic mass is 9.85. The van der Waals surface area contributed by atoms with Gasteiger partial charge in [-0.1, -0.05) is 24.6 Å². The molecule has 0 radical (unpaired) electrons. The lowest BCUT2D eigenvalue weighted by Gasteiger charge is -2.21. The molecule has 5 nitrogen and oxygen atoms in total. The topological polar surface area (TPSA) is 61.8 Å². The maximum absolute atomic E-state index is 13.3. The largest absolute Gasteiger partial charge is 0.466 e. The molecular formula is C22H30O5. The zero-order valence-electron chi connectivity index (χ0n) is 16.8. The lowest BCUT2D eigenvalue weighted by Crippen LogP contribution is -2.28. The van der Waals surface area contributed by atoms with Crippen molar-refractivity contribution < 1.29 is 23.8 Å². The van der Waals surface area contributed by atoms with Gasteiger partial charge in [0.15, 0.2) is 5.79 Å². The van der Waals surface area contributed by atoms with Gasteiger partial charge >= 0.3 is 5.97 Å². The highest BCUT2D eigenvalue weighted by Crippen LogP contribution is 2.46. The fourth-order valence-electron chi connectivity index (χ4n) is 4.57. The first-order valence-electron chi connectivity index (χ1n) is 9.95. The molecule has 1 heterocycles. The Morgan fingerprint density at radius 2 is 1.78 bits per heavy atom. The van der Waals surface area contributed by atoms with E-state index in [1.54, 1.807) is 6.92 Å². The minimum Gasteiger partial charge on any atom is -0.466 e. The van der Waals surface area contributed by atoms with Crippen molar-refractivity contribution in [3.8, 4) is 0 Å². The van der Waals surface area contributed by atoms with Crippen LogP contribution in [0.15, 0.2) is 12.1 Å². The molecule has 0 bridgehead atoms. The van der Waals surface area contributed by atoms with Gasteiger partial charge in [0.05, 0.1) is 25.7 Å². The van der Waals surface area contributed by atoms with Crippen LogP contribution in [-0.2, 0) is 36.6 Å². The Balaban J connectivity index is 1.84. The van der Waals surface area contributed by atoms with Gasteiger partial charge in [-0.05, 0) is 43.9 Å². The molecule has 2 fully saturated rings. The molecular weight excluding hydrogens is 344 g/mol. The highest BCUT2D eigenvalue weighted by atomic mass is 16.7. The van der Waals surface area contributed by atoms with E-state index in [4.69, 9.17) is 14.2 Å². The van der Waals surface area contributed by atoms with E-state index in [-0.39, 0.29) is 11.8 Å². The van der Waals surface area contributed by atoms with E-state index in [1.807, 2.05) is 0 Å². The van der Waals surface area contributed by atoms with Crippen molar-refractivity contribution in [1.82, 2.24) is 0 Å². The predicted molar refractivity (Wildman–Crippen MR) is 101 cm³/mol. The fourth-order valence-corrected chi connectivity index (χ4v) is 4.57. The zero-order chi connectivity index (χ0) is 19.6. The van der Waals surface area contributed by atoms with Crippen molar-refractivity contribution >= 4 is 11.8 Å². The molecule has 148 valence electrons. The van der Waals surface area contributed by atoms with E-state index in [9.17, 15) is 9.59 Å². The monoisotopic (exact) mass is 374 g/mol. The molecule has 1 aromatic carbocycles. The van der Waals surface area contributed by atoms with E-state index in [1.165, 1.54) is 11.1 Å². The van der Waals surface area contributed by atoms with Crippen molar-refractivity contribution in [2.24, 2.45) is 11.8 Å². The Hall–Kier alpha value is -1.72. The van der Waals surface area contributed by atoms with E-state index in [2.05, 4.69) is 32.9 Å². The maximum atomic E-state index is 13.3. The SMILES string of the molecule is CCOC(=O)C1CC2(CC1C(=O)Cc1c(C)cc(C)cc1CC)OCCO2. The number of esters is 1. The number of benzene rings is 1. The average molecular weight is 374 g/mol. The number of aryl methyl sites for hydroxylation is 3. The van der Waals surface area contributed by atoms with E-state index < -0.39 is 17.6 Å². The maximum Gasteiger partial charge on any atom is 0.309 e. The summed E-state index contributed by atoms with van der Waals surface area (Å²) in [6.07, 6.45) is 2.05. The molecule has 5 heteroatoms. The smallest absolute Gasteiger partial charge is 0.309 e. The number of hydrogen-bond donors (Lipinski definition) is 0. The third kappa shape index (κ3) is 4.09. The second-order valence-corrected chi connectivity index (χ2v) is 7.70. The van der Waals surface area contributed by atoms with E-state index in [0.717, 1.165) is 17.5 Å². The Kier molecular flexibility index (Phi) is 6.02. The summed E-state index contributed by atoms with van der Waals surface area (Å²) in [6.45, 7) is 9.34. The van der Waals surface area contributed by atoms with Gasteiger partial charge in [0.2, 0.25) is 0 Å². The minimum atomic E-state index is -0.798. The number of Topliss-reactive ketones (excluding diaryl/α,β-unsaturated/α-hetero) is 1. The fraction of sp³-hybridized carbons (Fsp3) is 0.636. The van der Waals surface area contributed by atoms with Gasteiger partial charge in [-0.15, -0.1) is 0 Å². The molecule has 2 unspecified atom stereocenters. The third-order valence-electron chi connectivity index (χ3n) is 5.81. The Morgan fingerprint density at radius 3 is 2.41 bits per heavy atom. The molecule has 27 heavy (non-hydrogen) atoms. The molecule has 2 atom stereocenters. The van der Waals surface area contributed by atoms with Gasteiger partial charge in [-0.3, -0.25) is 9.59 Å². The van der Waals surface area contributed by atoms with Crippen molar-refractivity contribution in [2.45, 2.75) is 59.2 Å². The number of ketones is 1. The molecule has 1 saturated heterocycles. The second kappa shape index (κ2) is 8.11. The van der Waals surface area contributed by atoms with Crippen LogP contribution in [0.5, 0.6) is 0 Å². The molecule has 3 rings (SSSR count). The predicted octanol–water partition coefficient (Wildman–Crippen LogP) is 3.31. The second-order valence-electron chi connectivity index (χ2n) is 7.70. The minimum absolute atomic E-state index is 0.0747. The number of ether oxygens (including phenoxy) is 3. The van der Waals surface area contributed by atoms with Crippen LogP contribution in [0.2, 0.25) is 0 Å². The van der Waals surface area contributed by atoms with Crippen LogP contribution in [0.1, 0.15) is 48.9 Å². The molecule has 1 aromatic rings. The first-order chi connectivity index (χ1) is 12.9. The summed E-state index contributed by atoms with van der Waals surface area (Å²) in [4.78, 5) is 25.8. The molecule has 2 aliphatic rings. The summed E-state index contributed by atoms with van der Waals surface area (Å²) in [6, 6.07) is 4.27. The van der Waals surface area contributed by atoms with Gasteiger partial charge in [-0.25, -0.2) is 0 Å². The van der Waals surface area contributed by atoms with Gasteiger partial charge in [0, 0.05) is 25.2 Å².